The maximum Gasteiger partial charge on any atom is 0.315 e. The number of hydrogen-bond acceptors (Lipinski definition) is 2. The SMILES string of the molecule is NC(=O)N1CCNC1.O. The predicted molar refractivity (Wildman–Crippen MR) is 32.8 cm³/mol. The first-order chi connectivity index (χ1) is 3.80. The average molecular weight is 133 g/mol. The summed E-state index contributed by atoms with van der Waals surface area (Å²) in [4.78, 5) is 11.9. The van der Waals surface area contributed by atoms with E-state index < -0.39 is 0 Å². The number of carbonyl (C=O) groups is 1. The largest absolute Gasteiger partial charge is 0.412 e. The lowest BCUT2D eigenvalue weighted by molar-refractivity contribution is 0.218. The Bertz CT molecular complexity index is 100.0. The van der Waals surface area contributed by atoms with Crippen LogP contribution in [0.4, 0.5) is 4.79 Å². The molecular formula is C4H11N3O2. The summed E-state index contributed by atoms with van der Waals surface area (Å²) in [7, 11) is 0. The zero-order valence-corrected chi connectivity index (χ0v) is 5.05. The molecule has 5 nitrogen and oxygen atoms in total. The molecular weight excluding hydrogens is 122 g/mol. The lowest BCUT2D eigenvalue weighted by Crippen LogP contribution is -2.34. The second kappa shape index (κ2) is 3.26. The average Bonchev–Trinajstić information content (AvgIpc) is 2.12. The number of carbonyl (C=O) groups excluding carboxylic acids is 1. The Balaban J connectivity index is 0.000000640. The van der Waals surface area contributed by atoms with Crippen LogP contribution < -0.4 is 11.1 Å². The molecule has 1 fully saturated rings. The normalized spacial score (nSPS) is 17.1. The summed E-state index contributed by atoms with van der Waals surface area (Å²) in [6.45, 7) is 2.22. The van der Waals surface area contributed by atoms with E-state index in [1.165, 1.54) is 0 Å². The highest BCUT2D eigenvalue weighted by atomic mass is 16.2. The molecule has 0 atom stereocenters. The number of nitrogens with two attached hydrogens (primary N) is 1. The van der Waals surface area contributed by atoms with E-state index in [1.54, 1.807) is 4.90 Å². The molecule has 1 saturated heterocycles. The molecule has 0 spiro atoms. The van der Waals surface area contributed by atoms with E-state index in [-0.39, 0.29) is 11.5 Å². The second-order valence-corrected chi connectivity index (χ2v) is 1.76. The predicted octanol–water partition coefficient (Wildman–Crippen LogP) is -1.90. The zero-order valence-electron chi connectivity index (χ0n) is 5.05. The van der Waals surface area contributed by atoms with E-state index in [1.807, 2.05) is 0 Å². The lowest BCUT2D eigenvalue weighted by atomic mass is 10.6. The summed E-state index contributed by atoms with van der Waals surface area (Å²) >= 11 is 0. The Morgan fingerprint density at radius 1 is 1.67 bits per heavy atom. The molecule has 0 saturated carbocycles. The number of primary amides is 1. The Labute approximate surface area is 53.1 Å². The highest BCUT2D eigenvalue weighted by Crippen LogP contribution is 1.88. The maximum atomic E-state index is 10.3. The summed E-state index contributed by atoms with van der Waals surface area (Å²) in [5.41, 5.74) is 4.94. The Morgan fingerprint density at radius 2 is 2.33 bits per heavy atom. The third kappa shape index (κ3) is 1.87. The minimum Gasteiger partial charge on any atom is -0.412 e. The van der Waals surface area contributed by atoms with Crippen molar-refractivity contribution in [2.75, 3.05) is 19.8 Å². The van der Waals surface area contributed by atoms with E-state index >= 15 is 0 Å². The first-order valence-corrected chi connectivity index (χ1v) is 2.56. The summed E-state index contributed by atoms with van der Waals surface area (Å²) in [5, 5.41) is 2.98. The van der Waals surface area contributed by atoms with Crippen LogP contribution in [0.15, 0.2) is 0 Å². The van der Waals surface area contributed by atoms with Gasteiger partial charge in [-0.1, -0.05) is 0 Å². The first kappa shape index (κ1) is 8.19. The number of nitrogens with zero attached hydrogens (tertiary/aromatic N) is 1. The van der Waals surface area contributed by atoms with Crippen LogP contribution in [0.25, 0.3) is 0 Å². The number of rotatable bonds is 0. The molecule has 0 aromatic rings. The van der Waals surface area contributed by atoms with Crippen LogP contribution >= 0.6 is 0 Å². The van der Waals surface area contributed by atoms with E-state index in [9.17, 15) is 4.79 Å². The molecule has 2 amide bonds. The van der Waals surface area contributed by atoms with Crippen molar-refractivity contribution in [3.05, 3.63) is 0 Å². The second-order valence-electron chi connectivity index (χ2n) is 1.76. The molecule has 5 heteroatoms. The summed E-state index contributed by atoms with van der Waals surface area (Å²) < 4.78 is 0. The highest BCUT2D eigenvalue weighted by molar-refractivity contribution is 5.72. The molecule has 5 N–H and O–H groups in total. The molecule has 54 valence electrons. The summed E-state index contributed by atoms with van der Waals surface area (Å²) in [6, 6.07) is -0.338. The van der Waals surface area contributed by atoms with Crippen LogP contribution in [0.2, 0.25) is 0 Å². The number of urea groups is 1. The van der Waals surface area contributed by atoms with Gasteiger partial charge in [-0.2, -0.15) is 0 Å². The number of hydrogen-bond donors (Lipinski definition) is 2. The van der Waals surface area contributed by atoms with Gasteiger partial charge in [0.05, 0.1) is 6.67 Å². The molecule has 1 rings (SSSR count). The van der Waals surface area contributed by atoms with Crippen molar-refractivity contribution in [1.29, 1.82) is 0 Å². The molecule has 0 aliphatic carbocycles. The zero-order chi connectivity index (χ0) is 5.98. The fraction of sp³-hybridized carbons (Fsp3) is 0.750. The van der Waals surface area contributed by atoms with Gasteiger partial charge >= 0.3 is 6.03 Å². The lowest BCUT2D eigenvalue weighted by Gasteiger charge is -2.08. The van der Waals surface area contributed by atoms with Crippen LogP contribution in [0.5, 0.6) is 0 Å². The highest BCUT2D eigenvalue weighted by Gasteiger charge is 2.12. The van der Waals surface area contributed by atoms with Gasteiger partial charge in [0, 0.05) is 13.1 Å². The molecule has 0 radical (unpaired) electrons. The molecule has 0 aromatic carbocycles. The maximum absolute atomic E-state index is 10.3. The Hall–Kier alpha value is -0.810. The molecule has 0 aromatic heterocycles. The van der Waals surface area contributed by atoms with Gasteiger partial charge in [0.2, 0.25) is 0 Å². The van der Waals surface area contributed by atoms with Gasteiger partial charge in [0.1, 0.15) is 0 Å². The summed E-state index contributed by atoms with van der Waals surface area (Å²) in [5.74, 6) is 0. The smallest absolute Gasteiger partial charge is 0.315 e. The Morgan fingerprint density at radius 3 is 2.56 bits per heavy atom. The van der Waals surface area contributed by atoms with E-state index in [0.717, 1.165) is 13.1 Å². The fourth-order valence-electron chi connectivity index (χ4n) is 0.695. The van der Waals surface area contributed by atoms with Crippen molar-refractivity contribution in [2.45, 2.75) is 0 Å². The van der Waals surface area contributed by atoms with Gasteiger partial charge in [-0.3, -0.25) is 5.32 Å². The molecule has 9 heavy (non-hydrogen) atoms. The van der Waals surface area contributed by atoms with Crippen LogP contribution in [-0.2, 0) is 0 Å². The van der Waals surface area contributed by atoms with Gasteiger partial charge < -0.3 is 16.1 Å². The monoisotopic (exact) mass is 133 g/mol. The fourth-order valence-corrected chi connectivity index (χ4v) is 0.695. The van der Waals surface area contributed by atoms with Crippen LogP contribution in [-0.4, -0.2) is 36.2 Å². The van der Waals surface area contributed by atoms with E-state index in [2.05, 4.69) is 5.32 Å². The first-order valence-electron chi connectivity index (χ1n) is 2.56. The number of nitrogens with one attached hydrogen (secondary N) is 1. The minimum atomic E-state index is -0.338. The third-order valence-electron chi connectivity index (χ3n) is 1.17. The van der Waals surface area contributed by atoms with E-state index in [4.69, 9.17) is 5.73 Å². The van der Waals surface area contributed by atoms with Gasteiger partial charge in [0.15, 0.2) is 0 Å². The van der Waals surface area contributed by atoms with E-state index in [0.29, 0.717) is 6.67 Å². The quantitative estimate of drug-likeness (QED) is 0.404. The third-order valence-corrected chi connectivity index (χ3v) is 1.17. The van der Waals surface area contributed by atoms with Gasteiger partial charge in [-0.25, -0.2) is 4.79 Å². The van der Waals surface area contributed by atoms with Gasteiger partial charge in [-0.15, -0.1) is 0 Å². The standard InChI is InChI=1S/C4H9N3O.H2O/c5-4(8)7-2-1-6-3-7;/h6H,1-3H2,(H2,5,8);1H2. The van der Waals surface area contributed by atoms with Gasteiger partial charge in [0.25, 0.3) is 0 Å². The van der Waals surface area contributed by atoms with Crippen molar-refractivity contribution >= 4 is 6.03 Å². The van der Waals surface area contributed by atoms with Crippen molar-refractivity contribution in [3.63, 3.8) is 0 Å². The van der Waals surface area contributed by atoms with Gasteiger partial charge in [-0.05, 0) is 0 Å². The van der Waals surface area contributed by atoms with Crippen molar-refractivity contribution in [2.24, 2.45) is 5.73 Å². The molecule has 1 aliphatic rings. The Kier molecular flexibility index (Phi) is 2.97. The van der Waals surface area contributed by atoms with Crippen LogP contribution in [0.3, 0.4) is 0 Å². The molecule has 0 unspecified atom stereocenters. The van der Waals surface area contributed by atoms with Crippen LogP contribution in [0.1, 0.15) is 0 Å². The topological polar surface area (TPSA) is 89.9 Å². The van der Waals surface area contributed by atoms with Crippen LogP contribution in [0, 0.1) is 0 Å². The summed E-state index contributed by atoms with van der Waals surface area (Å²) in [6.07, 6.45) is 0. The molecule has 1 aliphatic heterocycles. The molecule has 0 bridgehead atoms. The van der Waals surface area contributed by atoms with Crippen molar-refractivity contribution in [3.8, 4) is 0 Å². The number of amides is 2. The molecule has 1 heterocycles. The van der Waals surface area contributed by atoms with Crippen molar-refractivity contribution in [1.82, 2.24) is 10.2 Å². The minimum absolute atomic E-state index is 0. The van der Waals surface area contributed by atoms with Crippen molar-refractivity contribution < 1.29 is 10.3 Å².